The van der Waals surface area contributed by atoms with Crippen LogP contribution in [0.1, 0.15) is 18.4 Å². The zero-order valence-corrected chi connectivity index (χ0v) is 15.5. The van der Waals surface area contributed by atoms with Crippen molar-refractivity contribution in [3.05, 3.63) is 102 Å². The van der Waals surface area contributed by atoms with Gasteiger partial charge in [-0.05, 0) is 35.8 Å². The highest BCUT2D eigenvalue weighted by molar-refractivity contribution is 7.83. The van der Waals surface area contributed by atoms with E-state index in [-0.39, 0.29) is 0 Å². The summed E-state index contributed by atoms with van der Waals surface area (Å²) in [6.07, 6.45) is 15.4. The van der Waals surface area contributed by atoms with Crippen molar-refractivity contribution in [2.24, 2.45) is 11.8 Å². The lowest BCUT2D eigenvalue weighted by Crippen LogP contribution is -2.15. The number of hydrogen-bond donors (Lipinski definition) is 0. The molecule has 0 spiro atoms. The Labute approximate surface area is 154 Å². The van der Waals surface area contributed by atoms with Crippen LogP contribution < -0.4 is 10.6 Å². The summed E-state index contributed by atoms with van der Waals surface area (Å²) in [5.41, 5.74) is 2.49. The Morgan fingerprint density at radius 1 is 0.846 bits per heavy atom. The molecule has 3 atom stereocenters. The molecule has 3 aliphatic rings. The second-order valence-corrected chi connectivity index (χ2v) is 9.96. The third-order valence-corrected chi connectivity index (χ3v) is 9.03. The van der Waals surface area contributed by atoms with E-state index in [1.165, 1.54) is 11.1 Å². The standard InChI is InChI=1S/C24H21OP/c25-26(20-11-5-2-6-12-20)23-14-8-7-13-21(23)22-17-19(15-16-24(22)26)18-9-3-1-4-10-18/h1-9,11-16,18-19H,10,17H2. The summed E-state index contributed by atoms with van der Waals surface area (Å²) < 4.78 is 14.4. The summed E-state index contributed by atoms with van der Waals surface area (Å²) in [7, 11) is -2.75. The first kappa shape index (κ1) is 15.9. The predicted molar refractivity (Wildman–Crippen MR) is 110 cm³/mol. The second kappa shape index (κ2) is 6.11. The van der Waals surface area contributed by atoms with Crippen molar-refractivity contribution in [3.63, 3.8) is 0 Å². The Morgan fingerprint density at radius 3 is 2.46 bits per heavy atom. The van der Waals surface area contributed by atoms with E-state index in [4.69, 9.17) is 0 Å². The van der Waals surface area contributed by atoms with Crippen LogP contribution in [0.5, 0.6) is 0 Å². The van der Waals surface area contributed by atoms with Gasteiger partial charge in [0.05, 0.1) is 0 Å². The highest BCUT2D eigenvalue weighted by Gasteiger charge is 2.42. The molecule has 5 rings (SSSR count). The maximum absolute atomic E-state index is 14.4. The molecular formula is C24H21OP. The fraction of sp³-hybridized carbons (Fsp3) is 0.167. The van der Waals surface area contributed by atoms with E-state index in [0.717, 1.165) is 28.8 Å². The van der Waals surface area contributed by atoms with Crippen molar-refractivity contribution in [3.8, 4) is 0 Å². The topological polar surface area (TPSA) is 17.1 Å². The lowest BCUT2D eigenvalue weighted by atomic mass is 9.79. The molecule has 2 aromatic carbocycles. The van der Waals surface area contributed by atoms with Crippen molar-refractivity contribution in [1.29, 1.82) is 0 Å². The average molecular weight is 356 g/mol. The SMILES string of the molecule is O=P1(c2ccccc2)C2=C(CC(C3C=CC=CC3)C=C2)c2ccccc21. The monoisotopic (exact) mass is 356 g/mol. The zero-order valence-electron chi connectivity index (χ0n) is 14.6. The molecule has 1 nitrogen and oxygen atoms in total. The summed E-state index contributed by atoms with van der Waals surface area (Å²) in [6, 6.07) is 18.3. The van der Waals surface area contributed by atoms with Crippen molar-refractivity contribution in [2.75, 3.05) is 0 Å². The zero-order chi connectivity index (χ0) is 17.6. The van der Waals surface area contributed by atoms with Gasteiger partial charge in [-0.3, -0.25) is 0 Å². The molecule has 2 heteroatoms. The lowest BCUT2D eigenvalue weighted by Gasteiger charge is -2.27. The van der Waals surface area contributed by atoms with Gasteiger partial charge in [-0.2, -0.15) is 0 Å². The normalized spacial score (nSPS) is 28.9. The first-order valence-corrected chi connectivity index (χ1v) is 11.0. The molecule has 2 aliphatic carbocycles. The average Bonchev–Trinajstić information content (AvgIpc) is 2.99. The number of hydrogen-bond acceptors (Lipinski definition) is 1. The van der Waals surface area contributed by atoms with E-state index < -0.39 is 7.14 Å². The maximum Gasteiger partial charge on any atom is 0.171 e. The van der Waals surface area contributed by atoms with Crippen LogP contribution in [0, 0.1) is 11.8 Å². The highest BCUT2D eigenvalue weighted by Crippen LogP contribution is 2.62. The second-order valence-electron chi connectivity index (χ2n) is 7.27. The molecule has 26 heavy (non-hydrogen) atoms. The smallest absolute Gasteiger partial charge is 0.171 e. The molecule has 0 aromatic heterocycles. The van der Waals surface area contributed by atoms with Crippen molar-refractivity contribution >= 4 is 23.3 Å². The molecule has 1 heterocycles. The Bertz CT molecular complexity index is 1020. The molecule has 0 saturated carbocycles. The Hall–Kier alpha value is -2.37. The summed E-state index contributed by atoms with van der Waals surface area (Å²) in [6.45, 7) is 0. The third-order valence-electron chi connectivity index (χ3n) is 5.84. The van der Waals surface area contributed by atoms with E-state index in [9.17, 15) is 4.57 Å². The Morgan fingerprint density at radius 2 is 1.65 bits per heavy atom. The first-order valence-electron chi connectivity index (χ1n) is 9.29. The molecule has 2 aromatic rings. The number of fused-ring (bicyclic) bond motifs is 2. The largest absolute Gasteiger partial charge is 0.309 e. The minimum atomic E-state index is -2.75. The summed E-state index contributed by atoms with van der Waals surface area (Å²) in [4.78, 5) is 0. The van der Waals surface area contributed by atoms with Crippen LogP contribution in [-0.4, -0.2) is 0 Å². The van der Waals surface area contributed by atoms with Gasteiger partial charge >= 0.3 is 0 Å². The van der Waals surface area contributed by atoms with E-state index in [1.807, 2.05) is 36.4 Å². The molecule has 128 valence electrons. The summed E-state index contributed by atoms with van der Waals surface area (Å²) in [5.74, 6) is 1.01. The van der Waals surface area contributed by atoms with Crippen LogP contribution >= 0.6 is 7.14 Å². The summed E-state index contributed by atoms with van der Waals surface area (Å²) in [5, 5.41) is 3.01. The molecule has 0 bridgehead atoms. The third kappa shape index (κ3) is 2.27. The van der Waals surface area contributed by atoms with Crippen molar-refractivity contribution in [2.45, 2.75) is 12.8 Å². The molecule has 1 aliphatic heterocycles. The van der Waals surface area contributed by atoms with Gasteiger partial charge < -0.3 is 4.57 Å². The number of allylic oxidation sites excluding steroid dienone is 8. The van der Waals surface area contributed by atoms with Gasteiger partial charge in [-0.1, -0.05) is 91.1 Å². The minimum Gasteiger partial charge on any atom is -0.309 e. The fourth-order valence-electron chi connectivity index (χ4n) is 4.53. The molecule has 0 saturated heterocycles. The Kier molecular flexibility index (Phi) is 3.72. The van der Waals surface area contributed by atoms with E-state index in [0.29, 0.717) is 11.8 Å². The van der Waals surface area contributed by atoms with Crippen molar-refractivity contribution in [1.82, 2.24) is 0 Å². The molecule has 0 amide bonds. The minimum absolute atomic E-state index is 0.477. The van der Waals surface area contributed by atoms with Gasteiger partial charge in [0.25, 0.3) is 0 Å². The van der Waals surface area contributed by atoms with Gasteiger partial charge in [0.1, 0.15) is 0 Å². The number of benzene rings is 2. The highest BCUT2D eigenvalue weighted by atomic mass is 31.2. The van der Waals surface area contributed by atoms with Crippen molar-refractivity contribution < 1.29 is 4.57 Å². The Balaban J connectivity index is 1.63. The van der Waals surface area contributed by atoms with E-state index in [2.05, 4.69) is 54.7 Å². The van der Waals surface area contributed by atoms with E-state index >= 15 is 0 Å². The maximum atomic E-state index is 14.4. The lowest BCUT2D eigenvalue weighted by molar-refractivity contribution is 0.482. The summed E-state index contributed by atoms with van der Waals surface area (Å²) >= 11 is 0. The van der Waals surface area contributed by atoms with Crippen LogP contribution in [0.2, 0.25) is 0 Å². The molecule has 0 fully saturated rings. The number of rotatable bonds is 2. The van der Waals surface area contributed by atoms with Crippen LogP contribution in [0.25, 0.3) is 5.57 Å². The predicted octanol–water partition coefficient (Wildman–Crippen LogP) is 5.43. The molecule has 0 N–H and O–H groups in total. The quantitative estimate of drug-likeness (QED) is 0.656. The molecule has 3 unspecified atom stereocenters. The van der Waals surface area contributed by atoms with E-state index in [1.54, 1.807) is 0 Å². The van der Waals surface area contributed by atoms with Gasteiger partial charge in [0.2, 0.25) is 0 Å². The van der Waals surface area contributed by atoms with Crippen LogP contribution in [0.3, 0.4) is 0 Å². The molecule has 0 radical (unpaired) electrons. The van der Waals surface area contributed by atoms with Crippen LogP contribution in [0.15, 0.2) is 96.4 Å². The van der Waals surface area contributed by atoms with Gasteiger partial charge in [0, 0.05) is 15.9 Å². The first-order chi connectivity index (χ1) is 12.8. The van der Waals surface area contributed by atoms with Gasteiger partial charge in [-0.15, -0.1) is 0 Å². The van der Waals surface area contributed by atoms with Gasteiger partial charge in [0.15, 0.2) is 7.14 Å². The molecular weight excluding hydrogens is 335 g/mol. The fourth-order valence-corrected chi connectivity index (χ4v) is 7.67. The van der Waals surface area contributed by atoms with Crippen LogP contribution in [-0.2, 0) is 4.57 Å². The van der Waals surface area contributed by atoms with Crippen LogP contribution in [0.4, 0.5) is 0 Å². The van der Waals surface area contributed by atoms with Gasteiger partial charge in [-0.25, -0.2) is 0 Å².